The number of hydrogen-bond acceptors (Lipinski definition) is 2. The van der Waals surface area contributed by atoms with E-state index in [1.165, 1.54) is 12.1 Å². The lowest BCUT2D eigenvalue weighted by atomic mass is 10.0. The number of carbonyl (C=O) groups is 1. The monoisotopic (exact) mass is 264 g/mol. The summed E-state index contributed by atoms with van der Waals surface area (Å²) in [7, 11) is 0. The van der Waals surface area contributed by atoms with Gasteiger partial charge in [0.15, 0.2) is 0 Å². The molecule has 0 saturated carbocycles. The lowest BCUT2D eigenvalue weighted by Crippen LogP contribution is -2.58. The fourth-order valence-electron chi connectivity index (χ4n) is 2.41. The molecule has 0 radical (unpaired) electrons. The highest BCUT2D eigenvalue weighted by Gasteiger charge is 2.28. The van der Waals surface area contributed by atoms with Gasteiger partial charge < -0.3 is 10.2 Å². The summed E-state index contributed by atoms with van der Waals surface area (Å²) in [6.45, 7) is 6.56. The molecule has 3 nitrogen and oxygen atoms in total. The van der Waals surface area contributed by atoms with Gasteiger partial charge in [-0.3, -0.25) is 4.79 Å². The molecule has 1 N–H and O–H groups in total. The Hall–Kier alpha value is -1.42. The summed E-state index contributed by atoms with van der Waals surface area (Å²) in [4.78, 5) is 14.1. The van der Waals surface area contributed by atoms with Crippen LogP contribution in [0.1, 0.15) is 25.8 Å². The van der Waals surface area contributed by atoms with Crippen LogP contribution < -0.4 is 5.32 Å². The fourth-order valence-corrected chi connectivity index (χ4v) is 2.41. The van der Waals surface area contributed by atoms with E-state index in [-0.39, 0.29) is 17.3 Å². The highest BCUT2D eigenvalue weighted by molar-refractivity contribution is 5.76. The largest absolute Gasteiger partial charge is 0.340 e. The zero-order valence-electron chi connectivity index (χ0n) is 11.6. The highest BCUT2D eigenvalue weighted by atomic mass is 19.1. The van der Waals surface area contributed by atoms with Crippen molar-refractivity contribution in [3.63, 3.8) is 0 Å². The number of benzene rings is 1. The van der Waals surface area contributed by atoms with Crippen molar-refractivity contribution < 1.29 is 9.18 Å². The van der Waals surface area contributed by atoms with Crippen molar-refractivity contribution in [1.29, 1.82) is 0 Å². The van der Waals surface area contributed by atoms with Gasteiger partial charge in [0.2, 0.25) is 5.91 Å². The van der Waals surface area contributed by atoms with E-state index in [2.05, 4.69) is 19.2 Å². The molecule has 0 atom stereocenters. The van der Waals surface area contributed by atoms with Crippen molar-refractivity contribution in [2.75, 3.05) is 19.6 Å². The van der Waals surface area contributed by atoms with Crippen LogP contribution in [0.3, 0.4) is 0 Å². The van der Waals surface area contributed by atoms with Crippen molar-refractivity contribution in [1.82, 2.24) is 10.2 Å². The lowest BCUT2D eigenvalue weighted by Gasteiger charge is -2.39. The predicted molar refractivity (Wildman–Crippen MR) is 73.4 cm³/mol. The molecule has 1 aliphatic rings. The van der Waals surface area contributed by atoms with Crippen LogP contribution in [-0.4, -0.2) is 36.0 Å². The Kier molecular flexibility index (Phi) is 4.20. The number of halogens is 1. The Morgan fingerprint density at radius 1 is 1.37 bits per heavy atom. The maximum atomic E-state index is 12.8. The number of amides is 1. The van der Waals surface area contributed by atoms with Gasteiger partial charge in [-0.1, -0.05) is 12.1 Å². The summed E-state index contributed by atoms with van der Waals surface area (Å²) >= 11 is 0. The summed E-state index contributed by atoms with van der Waals surface area (Å²) in [5.74, 6) is -0.0576. The van der Waals surface area contributed by atoms with E-state index in [0.29, 0.717) is 12.8 Å². The number of nitrogens with one attached hydrogen (secondary N) is 1. The van der Waals surface area contributed by atoms with Gasteiger partial charge in [0, 0.05) is 31.6 Å². The van der Waals surface area contributed by atoms with Gasteiger partial charge in [-0.05, 0) is 38.0 Å². The quantitative estimate of drug-likeness (QED) is 0.905. The van der Waals surface area contributed by atoms with Crippen molar-refractivity contribution in [2.45, 2.75) is 32.2 Å². The van der Waals surface area contributed by atoms with Crippen molar-refractivity contribution in [2.24, 2.45) is 0 Å². The Labute approximate surface area is 113 Å². The third-order valence-corrected chi connectivity index (χ3v) is 3.46. The van der Waals surface area contributed by atoms with Crippen LogP contribution in [0, 0.1) is 5.82 Å². The van der Waals surface area contributed by atoms with Crippen LogP contribution in [0.2, 0.25) is 0 Å². The second-order valence-corrected chi connectivity index (χ2v) is 5.75. The number of piperazine rings is 1. The van der Waals surface area contributed by atoms with Crippen LogP contribution in [0.25, 0.3) is 0 Å². The molecule has 1 aliphatic heterocycles. The molecule has 1 saturated heterocycles. The molecule has 0 aliphatic carbocycles. The predicted octanol–water partition coefficient (Wildman–Crippen LogP) is 1.97. The number of hydrogen-bond donors (Lipinski definition) is 1. The SMILES string of the molecule is CC1(C)CN(C(=O)CCc2ccc(F)cc2)CCN1. The minimum Gasteiger partial charge on any atom is -0.340 e. The summed E-state index contributed by atoms with van der Waals surface area (Å²) < 4.78 is 12.8. The van der Waals surface area contributed by atoms with Gasteiger partial charge in [-0.2, -0.15) is 0 Å². The first-order valence-corrected chi connectivity index (χ1v) is 6.73. The number of rotatable bonds is 3. The molecule has 4 heteroatoms. The van der Waals surface area contributed by atoms with E-state index in [4.69, 9.17) is 0 Å². The van der Waals surface area contributed by atoms with E-state index < -0.39 is 0 Å². The van der Waals surface area contributed by atoms with E-state index in [0.717, 1.165) is 25.2 Å². The molecule has 2 rings (SSSR count). The van der Waals surface area contributed by atoms with Gasteiger partial charge in [0.1, 0.15) is 5.82 Å². The normalized spacial score (nSPS) is 18.4. The summed E-state index contributed by atoms with van der Waals surface area (Å²) in [6.07, 6.45) is 1.16. The Balaban J connectivity index is 1.85. The fraction of sp³-hybridized carbons (Fsp3) is 0.533. The molecule has 0 aromatic heterocycles. The van der Waals surface area contributed by atoms with E-state index in [1.807, 2.05) is 4.90 Å². The van der Waals surface area contributed by atoms with Gasteiger partial charge in [-0.25, -0.2) is 4.39 Å². The molecule has 1 aromatic rings. The van der Waals surface area contributed by atoms with Crippen LogP contribution in [0.4, 0.5) is 4.39 Å². The molecule has 1 amide bonds. The molecule has 104 valence electrons. The van der Waals surface area contributed by atoms with Crippen molar-refractivity contribution >= 4 is 5.91 Å². The first-order chi connectivity index (χ1) is 8.96. The molecule has 0 spiro atoms. The molecule has 0 bridgehead atoms. The van der Waals surface area contributed by atoms with Crippen molar-refractivity contribution in [3.05, 3.63) is 35.6 Å². The topological polar surface area (TPSA) is 32.3 Å². The average molecular weight is 264 g/mol. The maximum absolute atomic E-state index is 12.8. The summed E-state index contributed by atoms with van der Waals surface area (Å²) in [5, 5.41) is 3.39. The number of carbonyl (C=O) groups excluding carboxylic acids is 1. The first kappa shape index (κ1) is 14.0. The Bertz CT molecular complexity index is 442. The summed E-state index contributed by atoms with van der Waals surface area (Å²) in [6, 6.07) is 6.36. The minimum atomic E-state index is -0.237. The van der Waals surface area contributed by atoms with Gasteiger partial charge in [-0.15, -0.1) is 0 Å². The van der Waals surface area contributed by atoms with Gasteiger partial charge in [0.05, 0.1) is 0 Å². The van der Waals surface area contributed by atoms with Gasteiger partial charge in [0.25, 0.3) is 0 Å². The lowest BCUT2D eigenvalue weighted by molar-refractivity contribution is -0.133. The molecule has 1 fully saturated rings. The van der Waals surface area contributed by atoms with Crippen molar-refractivity contribution in [3.8, 4) is 0 Å². The number of aryl methyl sites for hydroxylation is 1. The van der Waals surface area contributed by atoms with E-state index >= 15 is 0 Å². The molecule has 1 aromatic carbocycles. The second kappa shape index (κ2) is 5.70. The highest BCUT2D eigenvalue weighted by Crippen LogP contribution is 2.13. The van der Waals surface area contributed by atoms with Crippen LogP contribution in [0.5, 0.6) is 0 Å². The zero-order valence-corrected chi connectivity index (χ0v) is 11.6. The third kappa shape index (κ3) is 4.03. The van der Waals surface area contributed by atoms with Crippen LogP contribution in [0.15, 0.2) is 24.3 Å². The zero-order chi connectivity index (χ0) is 13.9. The maximum Gasteiger partial charge on any atom is 0.223 e. The smallest absolute Gasteiger partial charge is 0.223 e. The summed E-state index contributed by atoms with van der Waals surface area (Å²) in [5.41, 5.74) is 0.994. The standard InChI is InChI=1S/C15H21FN2O/c1-15(2)11-18(10-9-17-15)14(19)8-5-12-3-6-13(16)7-4-12/h3-4,6-7,17H,5,8-11H2,1-2H3. The third-order valence-electron chi connectivity index (χ3n) is 3.46. The molecule has 0 unspecified atom stereocenters. The van der Waals surface area contributed by atoms with Crippen LogP contribution >= 0.6 is 0 Å². The van der Waals surface area contributed by atoms with Gasteiger partial charge >= 0.3 is 0 Å². The Morgan fingerprint density at radius 2 is 2.05 bits per heavy atom. The average Bonchev–Trinajstić information content (AvgIpc) is 2.36. The van der Waals surface area contributed by atoms with Crippen LogP contribution in [-0.2, 0) is 11.2 Å². The number of nitrogens with zero attached hydrogens (tertiary/aromatic N) is 1. The molecule has 1 heterocycles. The minimum absolute atomic E-state index is 0.0101. The Morgan fingerprint density at radius 3 is 2.68 bits per heavy atom. The molecule has 19 heavy (non-hydrogen) atoms. The molecular weight excluding hydrogens is 243 g/mol. The second-order valence-electron chi connectivity index (χ2n) is 5.75. The molecular formula is C15H21FN2O. The van der Waals surface area contributed by atoms with E-state index in [1.54, 1.807) is 12.1 Å². The first-order valence-electron chi connectivity index (χ1n) is 6.73. The van der Waals surface area contributed by atoms with E-state index in [9.17, 15) is 9.18 Å².